The Morgan fingerprint density at radius 1 is 1.19 bits per heavy atom. The number of amides is 1. The zero-order valence-electron chi connectivity index (χ0n) is 11.9. The van der Waals surface area contributed by atoms with Gasteiger partial charge in [0.2, 0.25) is 5.91 Å². The molecule has 1 aliphatic carbocycles. The topological polar surface area (TPSA) is 46.6 Å². The smallest absolute Gasteiger partial charge is 0.302 e. The first-order valence-electron chi connectivity index (χ1n) is 6.82. The second-order valence-electron chi connectivity index (χ2n) is 5.13. The molecule has 1 fully saturated rings. The number of hydrogen-bond acceptors (Lipinski definition) is 3. The summed E-state index contributed by atoms with van der Waals surface area (Å²) in [6.45, 7) is 2.87. The third-order valence-electron chi connectivity index (χ3n) is 3.59. The molecule has 1 amide bonds. The van der Waals surface area contributed by atoms with Gasteiger partial charge in [-0.2, -0.15) is 0 Å². The van der Waals surface area contributed by atoms with Crippen molar-refractivity contribution in [1.29, 1.82) is 0 Å². The van der Waals surface area contributed by atoms with E-state index in [1.54, 1.807) is 23.1 Å². The lowest BCUT2D eigenvalue weighted by atomic mass is 10.1. The van der Waals surface area contributed by atoms with Crippen molar-refractivity contribution >= 4 is 40.8 Å². The third kappa shape index (κ3) is 3.69. The minimum Gasteiger partial charge on any atom is -0.460 e. The highest BCUT2D eigenvalue weighted by Crippen LogP contribution is 2.34. The van der Waals surface area contributed by atoms with E-state index in [4.69, 9.17) is 27.9 Å². The van der Waals surface area contributed by atoms with Crippen LogP contribution in [-0.2, 0) is 14.3 Å². The number of halogens is 2. The lowest BCUT2D eigenvalue weighted by Crippen LogP contribution is -2.45. The van der Waals surface area contributed by atoms with Gasteiger partial charge in [-0.1, -0.05) is 23.2 Å². The first kappa shape index (κ1) is 16.1. The molecule has 0 bridgehead atoms. The Morgan fingerprint density at radius 3 is 2.48 bits per heavy atom. The van der Waals surface area contributed by atoms with Crippen LogP contribution in [0.3, 0.4) is 0 Å². The molecule has 1 saturated carbocycles. The fourth-order valence-corrected chi connectivity index (χ4v) is 3.09. The standard InChI is InChI=1S/C15H17Cl2NO3/c1-9(19)18(11-6-7-12(16)13(17)8-11)14-4-3-5-15(14)21-10(2)20/h6-8,14-15H,3-5H2,1-2H3. The molecule has 0 radical (unpaired) electrons. The van der Waals surface area contributed by atoms with Crippen molar-refractivity contribution in [2.45, 2.75) is 45.3 Å². The Kier molecular flexibility index (Phi) is 5.12. The van der Waals surface area contributed by atoms with Gasteiger partial charge >= 0.3 is 5.97 Å². The number of carbonyl (C=O) groups is 2. The van der Waals surface area contributed by atoms with Crippen molar-refractivity contribution in [3.63, 3.8) is 0 Å². The molecular formula is C15H17Cl2NO3. The summed E-state index contributed by atoms with van der Waals surface area (Å²) >= 11 is 12.0. The Balaban J connectivity index is 2.31. The highest BCUT2D eigenvalue weighted by molar-refractivity contribution is 6.42. The maximum Gasteiger partial charge on any atom is 0.302 e. The van der Waals surface area contributed by atoms with Gasteiger partial charge in [0.25, 0.3) is 0 Å². The molecule has 2 unspecified atom stereocenters. The summed E-state index contributed by atoms with van der Waals surface area (Å²) in [5, 5.41) is 0.828. The molecule has 0 saturated heterocycles. The van der Waals surface area contributed by atoms with Gasteiger partial charge in [0.05, 0.1) is 16.1 Å². The van der Waals surface area contributed by atoms with Crippen molar-refractivity contribution < 1.29 is 14.3 Å². The van der Waals surface area contributed by atoms with Crippen molar-refractivity contribution in [3.8, 4) is 0 Å². The van der Waals surface area contributed by atoms with E-state index in [1.165, 1.54) is 13.8 Å². The van der Waals surface area contributed by atoms with Crippen LogP contribution in [0.5, 0.6) is 0 Å². The van der Waals surface area contributed by atoms with Gasteiger partial charge in [-0.3, -0.25) is 9.59 Å². The second-order valence-corrected chi connectivity index (χ2v) is 5.95. The number of anilines is 1. The summed E-state index contributed by atoms with van der Waals surface area (Å²) in [7, 11) is 0. The molecule has 0 aromatic heterocycles. The van der Waals surface area contributed by atoms with Crippen LogP contribution in [0.4, 0.5) is 5.69 Å². The zero-order chi connectivity index (χ0) is 15.6. The van der Waals surface area contributed by atoms with Gasteiger partial charge in [-0.25, -0.2) is 0 Å². The highest BCUT2D eigenvalue weighted by Gasteiger charge is 2.36. The maximum atomic E-state index is 12.1. The summed E-state index contributed by atoms with van der Waals surface area (Å²) in [5.74, 6) is -0.443. The Labute approximate surface area is 134 Å². The fourth-order valence-electron chi connectivity index (χ4n) is 2.79. The molecule has 2 atom stereocenters. The zero-order valence-corrected chi connectivity index (χ0v) is 13.4. The SMILES string of the molecule is CC(=O)OC1CCCC1N(C(C)=O)c1ccc(Cl)c(Cl)c1. The molecular weight excluding hydrogens is 313 g/mol. The lowest BCUT2D eigenvalue weighted by Gasteiger charge is -2.32. The Bertz CT molecular complexity index is 562. The van der Waals surface area contributed by atoms with Crippen LogP contribution >= 0.6 is 23.2 Å². The van der Waals surface area contributed by atoms with Crippen molar-refractivity contribution in [3.05, 3.63) is 28.2 Å². The average molecular weight is 330 g/mol. The summed E-state index contributed by atoms with van der Waals surface area (Å²) in [4.78, 5) is 24.9. The molecule has 0 N–H and O–H groups in total. The molecule has 2 rings (SSSR count). The van der Waals surface area contributed by atoms with E-state index in [-0.39, 0.29) is 24.0 Å². The van der Waals surface area contributed by atoms with E-state index in [0.717, 1.165) is 19.3 Å². The lowest BCUT2D eigenvalue weighted by molar-refractivity contribution is -0.147. The van der Waals surface area contributed by atoms with Crippen LogP contribution in [0.15, 0.2) is 18.2 Å². The molecule has 0 heterocycles. The van der Waals surface area contributed by atoms with Crippen LogP contribution < -0.4 is 4.90 Å². The molecule has 0 aliphatic heterocycles. The van der Waals surface area contributed by atoms with Crippen molar-refractivity contribution in [2.75, 3.05) is 4.90 Å². The van der Waals surface area contributed by atoms with Crippen LogP contribution in [0, 0.1) is 0 Å². The van der Waals surface area contributed by atoms with Gasteiger partial charge in [0.1, 0.15) is 6.10 Å². The normalized spacial score (nSPS) is 21.1. The molecule has 1 aromatic carbocycles. The van der Waals surface area contributed by atoms with Crippen LogP contribution in [0.2, 0.25) is 10.0 Å². The maximum absolute atomic E-state index is 12.1. The fraction of sp³-hybridized carbons (Fsp3) is 0.467. The number of esters is 1. The van der Waals surface area contributed by atoms with Crippen LogP contribution in [0.25, 0.3) is 0 Å². The summed E-state index contributed by atoms with van der Waals surface area (Å²) in [5.41, 5.74) is 0.668. The van der Waals surface area contributed by atoms with E-state index in [9.17, 15) is 9.59 Å². The molecule has 21 heavy (non-hydrogen) atoms. The summed E-state index contributed by atoms with van der Waals surface area (Å²) < 4.78 is 5.34. The molecule has 114 valence electrons. The van der Waals surface area contributed by atoms with Crippen molar-refractivity contribution in [1.82, 2.24) is 0 Å². The quantitative estimate of drug-likeness (QED) is 0.791. The number of nitrogens with zero attached hydrogens (tertiary/aromatic N) is 1. The van der Waals surface area contributed by atoms with Gasteiger partial charge in [0.15, 0.2) is 0 Å². The van der Waals surface area contributed by atoms with Gasteiger partial charge in [-0.15, -0.1) is 0 Å². The first-order chi connectivity index (χ1) is 9.90. The first-order valence-corrected chi connectivity index (χ1v) is 7.58. The summed E-state index contributed by atoms with van der Waals surface area (Å²) in [6, 6.07) is 4.90. The number of ether oxygens (including phenoxy) is 1. The molecule has 0 spiro atoms. The predicted molar refractivity (Wildman–Crippen MR) is 82.8 cm³/mol. The molecule has 1 aromatic rings. The number of rotatable bonds is 3. The van der Waals surface area contributed by atoms with E-state index >= 15 is 0 Å². The Morgan fingerprint density at radius 2 is 1.90 bits per heavy atom. The molecule has 4 nitrogen and oxygen atoms in total. The number of carbonyl (C=O) groups excluding carboxylic acids is 2. The average Bonchev–Trinajstić information content (AvgIpc) is 2.81. The van der Waals surface area contributed by atoms with Crippen molar-refractivity contribution in [2.24, 2.45) is 0 Å². The van der Waals surface area contributed by atoms with E-state index < -0.39 is 0 Å². The molecule has 1 aliphatic rings. The highest BCUT2D eigenvalue weighted by atomic mass is 35.5. The largest absolute Gasteiger partial charge is 0.460 e. The van der Waals surface area contributed by atoms with Crippen LogP contribution in [0.1, 0.15) is 33.1 Å². The van der Waals surface area contributed by atoms with Gasteiger partial charge in [0, 0.05) is 19.5 Å². The minimum absolute atomic E-state index is 0.113. The number of benzene rings is 1. The monoisotopic (exact) mass is 329 g/mol. The molecule has 6 heteroatoms. The van der Waals surface area contributed by atoms with E-state index in [0.29, 0.717) is 15.7 Å². The van der Waals surface area contributed by atoms with Crippen LogP contribution in [-0.4, -0.2) is 24.0 Å². The summed E-state index contributed by atoms with van der Waals surface area (Å²) in [6.07, 6.45) is 2.18. The van der Waals surface area contributed by atoms with Gasteiger partial charge in [-0.05, 0) is 37.5 Å². The van der Waals surface area contributed by atoms with Gasteiger partial charge < -0.3 is 9.64 Å². The van der Waals surface area contributed by atoms with E-state index in [2.05, 4.69) is 0 Å². The third-order valence-corrected chi connectivity index (χ3v) is 4.33. The minimum atomic E-state index is -0.329. The Hall–Kier alpha value is -1.26. The number of hydrogen-bond donors (Lipinski definition) is 0. The van der Waals surface area contributed by atoms with E-state index in [1.807, 2.05) is 0 Å². The second kappa shape index (κ2) is 6.67. The predicted octanol–water partition coefficient (Wildman–Crippen LogP) is 3.83.